The van der Waals surface area contributed by atoms with Crippen LogP contribution in [0.5, 0.6) is 0 Å². The topological polar surface area (TPSA) is 92.8 Å². The second kappa shape index (κ2) is 8.04. The molecule has 3 rings (SSSR count). The van der Waals surface area contributed by atoms with Crippen molar-refractivity contribution in [2.75, 3.05) is 6.61 Å². The number of fused-ring (bicyclic) bond motifs is 1. The van der Waals surface area contributed by atoms with E-state index >= 15 is 0 Å². The fourth-order valence-corrected chi connectivity index (χ4v) is 3.03. The maximum absolute atomic E-state index is 12.4. The fourth-order valence-electron chi connectivity index (χ4n) is 3.03. The predicted octanol–water partition coefficient (Wildman–Crippen LogP) is 2.09. The normalized spacial score (nSPS) is 15.0. The number of ether oxygens (including phenoxy) is 1. The number of nitrogens with zero attached hydrogens (tertiary/aromatic N) is 1. The van der Waals surface area contributed by atoms with Crippen LogP contribution in [0.3, 0.4) is 0 Å². The van der Waals surface area contributed by atoms with E-state index in [9.17, 15) is 19.2 Å². The molecule has 1 N–H and O–H groups in total. The average Bonchev–Trinajstić information content (AvgIpc) is 2.97. The van der Waals surface area contributed by atoms with Crippen molar-refractivity contribution in [1.82, 2.24) is 10.2 Å². The van der Waals surface area contributed by atoms with E-state index in [0.29, 0.717) is 0 Å². The summed E-state index contributed by atoms with van der Waals surface area (Å²) in [5.74, 6) is -2.39. The Balaban J connectivity index is 1.56. The van der Waals surface area contributed by atoms with Gasteiger partial charge in [-0.3, -0.25) is 19.3 Å². The van der Waals surface area contributed by atoms with Gasteiger partial charge in [-0.1, -0.05) is 42.5 Å². The van der Waals surface area contributed by atoms with Gasteiger partial charge in [-0.2, -0.15) is 0 Å². The molecule has 7 nitrogen and oxygen atoms in total. The van der Waals surface area contributed by atoms with Gasteiger partial charge in [0, 0.05) is 0 Å². The summed E-state index contributed by atoms with van der Waals surface area (Å²) in [5.41, 5.74) is 1.42. The molecule has 144 valence electrons. The van der Waals surface area contributed by atoms with Crippen molar-refractivity contribution >= 4 is 23.7 Å². The van der Waals surface area contributed by atoms with E-state index in [1.807, 2.05) is 37.3 Å². The van der Waals surface area contributed by atoms with Gasteiger partial charge in [0.1, 0.15) is 6.04 Å². The molecule has 0 aromatic heterocycles. The summed E-state index contributed by atoms with van der Waals surface area (Å²) in [5, 5.41) is 2.73. The molecule has 0 spiro atoms. The number of nitrogens with one attached hydrogen (secondary N) is 1. The van der Waals surface area contributed by atoms with E-state index in [0.717, 1.165) is 10.5 Å². The van der Waals surface area contributed by atoms with Crippen LogP contribution in [0, 0.1) is 0 Å². The second-order valence-corrected chi connectivity index (χ2v) is 6.51. The zero-order chi connectivity index (χ0) is 20.3. The zero-order valence-electron chi connectivity index (χ0n) is 15.5. The molecule has 7 heteroatoms. The molecular formula is C21H20N2O5. The van der Waals surface area contributed by atoms with E-state index < -0.39 is 36.3 Å². The molecule has 28 heavy (non-hydrogen) atoms. The van der Waals surface area contributed by atoms with Crippen molar-refractivity contribution in [3.8, 4) is 0 Å². The maximum atomic E-state index is 12.4. The van der Waals surface area contributed by atoms with Crippen LogP contribution in [0.25, 0.3) is 0 Å². The first kappa shape index (κ1) is 19.3. The lowest BCUT2D eigenvalue weighted by Gasteiger charge is -2.21. The van der Waals surface area contributed by atoms with Gasteiger partial charge in [0.2, 0.25) is 0 Å². The Kier molecular flexibility index (Phi) is 5.54. The Morgan fingerprint density at radius 2 is 1.46 bits per heavy atom. The van der Waals surface area contributed by atoms with Gasteiger partial charge < -0.3 is 10.1 Å². The minimum Gasteiger partial charge on any atom is -0.454 e. The first-order valence-corrected chi connectivity index (χ1v) is 8.88. The first-order valence-electron chi connectivity index (χ1n) is 8.88. The number of carbonyl (C=O) groups is 4. The number of hydrogen-bond donors (Lipinski definition) is 1. The number of rotatable bonds is 6. The number of hydrogen-bond acceptors (Lipinski definition) is 5. The van der Waals surface area contributed by atoms with Crippen LogP contribution >= 0.6 is 0 Å². The minimum atomic E-state index is -1.13. The Bertz CT molecular complexity index is 890. The largest absolute Gasteiger partial charge is 0.454 e. The number of esters is 1. The lowest BCUT2D eigenvalue weighted by molar-refractivity contribution is -0.152. The molecule has 0 saturated carbocycles. The van der Waals surface area contributed by atoms with Crippen LogP contribution in [-0.4, -0.2) is 41.2 Å². The Morgan fingerprint density at radius 1 is 0.929 bits per heavy atom. The third kappa shape index (κ3) is 3.78. The molecule has 2 aromatic rings. The molecule has 0 fully saturated rings. The molecule has 0 aliphatic carbocycles. The summed E-state index contributed by atoms with van der Waals surface area (Å²) in [6.45, 7) is 2.72. The molecular weight excluding hydrogens is 360 g/mol. The van der Waals surface area contributed by atoms with Gasteiger partial charge in [-0.25, -0.2) is 4.79 Å². The van der Waals surface area contributed by atoms with Crippen LogP contribution < -0.4 is 5.32 Å². The van der Waals surface area contributed by atoms with Gasteiger partial charge >= 0.3 is 5.97 Å². The monoisotopic (exact) mass is 380 g/mol. The quantitative estimate of drug-likeness (QED) is 0.612. The number of imide groups is 1. The van der Waals surface area contributed by atoms with Crippen LogP contribution in [0.1, 0.15) is 46.2 Å². The first-order chi connectivity index (χ1) is 13.4. The third-order valence-corrected chi connectivity index (χ3v) is 4.58. The summed E-state index contributed by atoms with van der Waals surface area (Å²) < 4.78 is 5.01. The van der Waals surface area contributed by atoms with E-state index in [2.05, 4.69) is 5.32 Å². The van der Waals surface area contributed by atoms with Crippen molar-refractivity contribution < 1.29 is 23.9 Å². The average molecular weight is 380 g/mol. The Morgan fingerprint density at radius 3 is 2.04 bits per heavy atom. The van der Waals surface area contributed by atoms with Crippen molar-refractivity contribution in [2.45, 2.75) is 25.9 Å². The fraction of sp³-hybridized carbons (Fsp3) is 0.238. The summed E-state index contributed by atoms with van der Waals surface area (Å²) in [4.78, 5) is 50.0. The third-order valence-electron chi connectivity index (χ3n) is 4.58. The van der Waals surface area contributed by atoms with Crippen molar-refractivity contribution in [2.24, 2.45) is 0 Å². The molecule has 0 unspecified atom stereocenters. The molecule has 1 aliphatic rings. The van der Waals surface area contributed by atoms with E-state index in [4.69, 9.17) is 4.74 Å². The number of amides is 3. The molecule has 1 heterocycles. The highest BCUT2D eigenvalue weighted by Gasteiger charge is 2.41. The van der Waals surface area contributed by atoms with E-state index in [-0.39, 0.29) is 17.2 Å². The summed E-state index contributed by atoms with van der Waals surface area (Å²) in [6.07, 6.45) is 0. The van der Waals surface area contributed by atoms with Gasteiger partial charge in [0.25, 0.3) is 17.7 Å². The number of benzene rings is 2. The highest BCUT2D eigenvalue weighted by molar-refractivity contribution is 6.22. The van der Waals surface area contributed by atoms with E-state index in [1.165, 1.54) is 19.1 Å². The second-order valence-electron chi connectivity index (χ2n) is 6.51. The lowest BCUT2D eigenvalue weighted by atomic mass is 10.1. The molecule has 1 aliphatic heterocycles. The van der Waals surface area contributed by atoms with Gasteiger partial charge in [-0.15, -0.1) is 0 Å². The maximum Gasteiger partial charge on any atom is 0.329 e. The SMILES string of the molecule is C[C@H](C(=O)OCC(=O)N[C@H](C)c1ccccc1)N1C(=O)c2ccccc2C1=O. The van der Waals surface area contributed by atoms with Crippen LogP contribution in [0.2, 0.25) is 0 Å². The van der Waals surface area contributed by atoms with Crippen molar-refractivity contribution in [1.29, 1.82) is 0 Å². The van der Waals surface area contributed by atoms with Gasteiger partial charge in [0.05, 0.1) is 17.2 Å². The zero-order valence-corrected chi connectivity index (χ0v) is 15.5. The minimum absolute atomic E-state index is 0.249. The Hall–Kier alpha value is -3.48. The highest BCUT2D eigenvalue weighted by atomic mass is 16.5. The molecule has 3 amide bonds. The van der Waals surface area contributed by atoms with Crippen molar-refractivity contribution in [3.63, 3.8) is 0 Å². The molecule has 2 atom stereocenters. The van der Waals surface area contributed by atoms with Crippen molar-refractivity contribution in [3.05, 3.63) is 71.3 Å². The van der Waals surface area contributed by atoms with Gasteiger partial charge in [-0.05, 0) is 31.5 Å². The van der Waals surface area contributed by atoms with E-state index in [1.54, 1.807) is 12.1 Å². The molecule has 2 aromatic carbocycles. The van der Waals surface area contributed by atoms with Crippen LogP contribution in [0.4, 0.5) is 0 Å². The summed E-state index contributed by atoms with van der Waals surface area (Å²) in [7, 11) is 0. The molecule has 0 bridgehead atoms. The standard InChI is InChI=1S/C21H20N2O5/c1-13(15-8-4-3-5-9-15)22-18(24)12-28-21(27)14(2)23-19(25)16-10-6-7-11-17(16)20(23)26/h3-11,13-14H,12H2,1-2H3,(H,22,24)/t13-,14-/m1/s1. The predicted molar refractivity (Wildman–Crippen MR) is 100 cm³/mol. The Labute approximate surface area is 162 Å². The summed E-state index contributed by atoms with van der Waals surface area (Å²) >= 11 is 0. The lowest BCUT2D eigenvalue weighted by Crippen LogP contribution is -2.44. The van der Waals surface area contributed by atoms with Crippen LogP contribution in [-0.2, 0) is 14.3 Å². The number of carbonyl (C=O) groups excluding carboxylic acids is 4. The smallest absolute Gasteiger partial charge is 0.329 e. The van der Waals surface area contributed by atoms with Gasteiger partial charge in [0.15, 0.2) is 6.61 Å². The highest BCUT2D eigenvalue weighted by Crippen LogP contribution is 2.24. The summed E-state index contributed by atoms with van der Waals surface area (Å²) in [6, 6.07) is 14.3. The molecule has 0 radical (unpaired) electrons. The molecule has 0 saturated heterocycles. The van der Waals surface area contributed by atoms with Crippen LogP contribution in [0.15, 0.2) is 54.6 Å².